The zero-order valence-corrected chi connectivity index (χ0v) is 11.7. The SMILES string of the molecule is Oc1ccc(F)cc1CNc1c(Cl)ccc2nsnc12. The van der Waals surface area contributed by atoms with Gasteiger partial charge in [0.1, 0.15) is 22.6 Å². The molecule has 1 heterocycles. The number of nitrogens with one attached hydrogen (secondary N) is 1. The highest BCUT2D eigenvalue weighted by molar-refractivity contribution is 7.00. The Bertz CT molecular complexity index is 777. The standard InChI is InChI=1S/C13H9ClFN3OS/c14-9-2-3-10-13(18-20-17-10)12(9)16-6-7-5-8(15)1-4-11(7)19/h1-5,16,19H,6H2. The normalized spacial score (nSPS) is 10.9. The van der Waals surface area contributed by atoms with Crippen LogP contribution in [0.1, 0.15) is 5.56 Å². The highest BCUT2D eigenvalue weighted by atomic mass is 35.5. The second-order valence-corrected chi connectivity index (χ2v) is 5.12. The van der Waals surface area contributed by atoms with Crippen LogP contribution in [0.2, 0.25) is 5.02 Å². The van der Waals surface area contributed by atoms with Crippen LogP contribution in [0.3, 0.4) is 0 Å². The molecule has 0 bridgehead atoms. The summed E-state index contributed by atoms with van der Waals surface area (Å²) in [7, 11) is 0. The molecule has 0 aliphatic carbocycles. The summed E-state index contributed by atoms with van der Waals surface area (Å²) in [6, 6.07) is 7.30. The minimum Gasteiger partial charge on any atom is -0.508 e. The molecule has 0 fully saturated rings. The molecule has 0 aliphatic heterocycles. The van der Waals surface area contributed by atoms with Gasteiger partial charge >= 0.3 is 0 Å². The molecular formula is C13H9ClFN3OS. The Morgan fingerprint density at radius 1 is 1.25 bits per heavy atom. The first-order valence-electron chi connectivity index (χ1n) is 5.77. The van der Waals surface area contributed by atoms with Gasteiger partial charge in [0.15, 0.2) is 0 Å². The average molecular weight is 310 g/mol. The molecule has 0 saturated heterocycles. The molecule has 3 aromatic rings. The predicted octanol–water partition coefficient (Wildman–Crippen LogP) is 3.80. The van der Waals surface area contributed by atoms with Crippen LogP contribution in [0, 0.1) is 5.82 Å². The topological polar surface area (TPSA) is 58.0 Å². The summed E-state index contributed by atoms with van der Waals surface area (Å²) >= 11 is 7.23. The Balaban J connectivity index is 1.92. The summed E-state index contributed by atoms with van der Waals surface area (Å²) in [6.45, 7) is 0.236. The fraction of sp³-hybridized carbons (Fsp3) is 0.0769. The molecule has 20 heavy (non-hydrogen) atoms. The number of phenols is 1. The quantitative estimate of drug-likeness (QED) is 0.772. The number of nitrogens with zero attached hydrogens (tertiary/aromatic N) is 2. The summed E-state index contributed by atoms with van der Waals surface area (Å²) < 4.78 is 21.5. The molecule has 0 aliphatic rings. The van der Waals surface area contributed by atoms with Crippen LogP contribution in [-0.4, -0.2) is 13.9 Å². The molecule has 2 aromatic carbocycles. The monoisotopic (exact) mass is 309 g/mol. The first-order chi connectivity index (χ1) is 9.65. The van der Waals surface area contributed by atoms with Gasteiger partial charge in [0.05, 0.1) is 22.4 Å². The molecule has 1 aromatic heterocycles. The molecule has 3 rings (SSSR count). The largest absolute Gasteiger partial charge is 0.508 e. The third kappa shape index (κ3) is 2.39. The van der Waals surface area contributed by atoms with Gasteiger partial charge in [0.2, 0.25) is 0 Å². The van der Waals surface area contributed by atoms with Crippen molar-refractivity contribution in [3.8, 4) is 5.75 Å². The predicted molar refractivity (Wildman–Crippen MR) is 77.8 cm³/mol. The molecule has 2 N–H and O–H groups in total. The molecule has 7 heteroatoms. The van der Waals surface area contributed by atoms with E-state index in [4.69, 9.17) is 11.6 Å². The number of phenolic OH excluding ortho intramolecular Hbond substituents is 1. The van der Waals surface area contributed by atoms with E-state index in [0.717, 1.165) is 17.2 Å². The number of benzene rings is 2. The zero-order chi connectivity index (χ0) is 14.1. The van der Waals surface area contributed by atoms with Crippen LogP contribution in [0.25, 0.3) is 11.0 Å². The van der Waals surface area contributed by atoms with E-state index in [-0.39, 0.29) is 12.3 Å². The van der Waals surface area contributed by atoms with Crippen molar-refractivity contribution in [1.29, 1.82) is 0 Å². The third-order valence-corrected chi connectivity index (χ3v) is 3.73. The smallest absolute Gasteiger partial charge is 0.129 e. The molecule has 102 valence electrons. The van der Waals surface area contributed by atoms with Crippen LogP contribution in [0.4, 0.5) is 10.1 Å². The van der Waals surface area contributed by atoms with Crippen LogP contribution >= 0.6 is 23.3 Å². The van der Waals surface area contributed by atoms with Gasteiger partial charge in [-0.3, -0.25) is 0 Å². The van der Waals surface area contributed by atoms with Crippen LogP contribution in [0.15, 0.2) is 30.3 Å². The Morgan fingerprint density at radius 2 is 2.10 bits per heavy atom. The Labute approximate surface area is 123 Å². The van der Waals surface area contributed by atoms with Crippen molar-refractivity contribution in [1.82, 2.24) is 8.75 Å². The molecule has 0 spiro atoms. The lowest BCUT2D eigenvalue weighted by molar-refractivity contribution is 0.466. The van der Waals surface area contributed by atoms with Gasteiger partial charge in [0.25, 0.3) is 0 Å². The van der Waals surface area contributed by atoms with E-state index in [9.17, 15) is 9.50 Å². The van der Waals surface area contributed by atoms with Crippen molar-refractivity contribution in [2.45, 2.75) is 6.54 Å². The molecule has 0 amide bonds. The van der Waals surface area contributed by atoms with Crippen molar-refractivity contribution in [2.75, 3.05) is 5.32 Å². The molecule has 0 atom stereocenters. The van der Waals surface area contributed by atoms with E-state index in [0.29, 0.717) is 21.8 Å². The summed E-state index contributed by atoms with van der Waals surface area (Å²) in [4.78, 5) is 0. The van der Waals surface area contributed by atoms with E-state index in [1.807, 2.05) is 0 Å². The maximum Gasteiger partial charge on any atom is 0.129 e. The lowest BCUT2D eigenvalue weighted by atomic mass is 10.2. The van der Waals surface area contributed by atoms with Gasteiger partial charge in [-0.15, -0.1) is 0 Å². The first-order valence-corrected chi connectivity index (χ1v) is 6.88. The number of hydrogen-bond donors (Lipinski definition) is 2. The zero-order valence-electron chi connectivity index (χ0n) is 10.1. The average Bonchev–Trinajstić information content (AvgIpc) is 2.90. The van der Waals surface area contributed by atoms with Crippen LogP contribution in [0.5, 0.6) is 5.75 Å². The maximum atomic E-state index is 13.2. The van der Waals surface area contributed by atoms with Gasteiger partial charge < -0.3 is 10.4 Å². The van der Waals surface area contributed by atoms with Crippen molar-refractivity contribution in [3.63, 3.8) is 0 Å². The summed E-state index contributed by atoms with van der Waals surface area (Å²) in [5.74, 6) is -0.377. The minimum atomic E-state index is -0.403. The second kappa shape index (κ2) is 5.22. The molecule has 4 nitrogen and oxygen atoms in total. The Hall–Kier alpha value is -1.92. The minimum absolute atomic E-state index is 0.0265. The molecular weight excluding hydrogens is 301 g/mol. The van der Waals surface area contributed by atoms with Gasteiger partial charge in [-0.05, 0) is 30.3 Å². The van der Waals surface area contributed by atoms with Gasteiger partial charge in [-0.25, -0.2) is 4.39 Å². The van der Waals surface area contributed by atoms with Gasteiger partial charge in [0, 0.05) is 12.1 Å². The number of rotatable bonds is 3. The lowest BCUT2D eigenvalue weighted by Crippen LogP contribution is -2.01. The van der Waals surface area contributed by atoms with Crippen LogP contribution < -0.4 is 5.32 Å². The van der Waals surface area contributed by atoms with Gasteiger partial charge in [-0.2, -0.15) is 8.75 Å². The van der Waals surface area contributed by atoms with E-state index in [2.05, 4.69) is 14.1 Å². The van der Waals surface area contributed by atoms with E-state index < -0.39 is 5.82 Å². The molecule has 0 saturated carbocycles. The van der Waals surface area contributed by atoms with Crippen molar-refractivity contribution in [3.05, 3.63) is 46.7 Å². The summed E-state index contributed by atoms with van der Waals surface area (Å²) in [6.07, 6.45) is 0. The second-order valence-electron chi connectivity index (χ2n) is 4.18. The maximum absolute atomic E-state index is 13.2. The number of anilines is 1. The number of fused-ring (bicyclic) bond motifs is 1. The summed E-state index contributed by atoms with van der Waals surface area (Å²) in [5.41, 5.74) is 2.48. The number of halogens is 2. The van der Waals surface area contributed by atoms with E-state index in [1.165, 1.54) is 18.2 Å². The Morgan fingerprint density at radius 3 is 2.95 bits per heavy atom. The third-order valence-electron chi connectivity index (χ3n) is 2.87. The molecule has 0 unspecified atom stereocenters. The molecule has 0 radical (unpaired) electrons. The summed E-state index contributed by atoms with van der Waals surface area (Å²) in [5, 5.41) is 13.3. The number of hydrogen-bond acceptors (Lipinski definition) is 5. The fourth-order valence-electron chi connectivity index (χ4n) is 1.87. The van der Waals surface area contributed by atoms with Crippen molar-refractivity contribution >= 4 is 40.0 Å². The first kappa shape index (κ1) is 13.1. The van der Waals surface area contributed by atoms with Gasteiger partial charge in [-0.1, -0.05) is 11.6 Å². The van der Waals surface area contributed by atoms with Crippen molar-refractivity contribution in [2.24, 2.45) is 0 Å². The Kier molecular flexibility index (Phi) is 3.42. The highest BCUT2D eigenvalue weighted by Crippen LogP contribution is 2.31. The highest BCUT2D eigenvalue weighted by Gasteiger charge is 2.11. The van der Waals surface area contributed by atoms with Crippen molar-refractivity contribution < 1.29 is 9.50 Å². The lowest BCUT2D eigenvalue weighted by Gasteiger charge is -2.10. The van der Waals surface area contributed by atoms with E-state index >= 15 is 0 Å². The fourth-order valence-corrected chi connectivity index (χ4v) is 2.64. The van der Waals surface area contributed by atoms with E-state index in [1.54, 1.807) is 12.1 Å². The van der Waals surface area contributed by atoms with Crippen LogP contribution in [-0.2, 0) is 6.54 Å². The number of aromatic nitrogens is 2. The number of aromatic hydroxyl groups is 1.